The van der Waals surface area contributed by atoms with Crippen molar-refractivity contribution in [3.8, 4) is 5.75 Å². The molecule has 6 nitrogen and oxygen atoms in total. The minimum absolute atomic E-state index is 0.0836. The maximum atomic E-state index is 12.5. The number of hydrogen-bond donors (Lipinski definition) is 0. The zero-order chi connectivity index (χ0) is 16.2. The Balaban J connectivity index is 1.59. The van der Waals surface area contributed by atoms with Crippen LogP contribution in [0, 0.1) is 0 Å². The van der Waals surface area contributed by atoms with Gasteiger partial charge in [-0.1, -0.05) is 18.2 Å². The van der Waals surface area contributed by atoms with Crippen LogP contribution in [0.25, 0.3) is 0 Å². The molecule has 1 aliphatic heterocycles. The molecule has 6 heteroatoms. The van der Waals surface area contributed by atoms with Crippen molar-refractivity contribution >= 4 is 5.91 Å². The molecule has 2 heterocycles. The van der Waals surface area contributed by atoms with Crippen LogP contribution in [0.4, 0.5) is 0 Å². The summed E-state index contributed by atoms with van der Waals surface area (Å²) in [6, 6.07) is 9.79. The van der Waals surface area contributed by atoms with Gasteiger partial charge in [0.2, 0.25) is 5.89 Å². The van der Waals surface area contributed by atoms with Crippen LogP contribution >= 0.6 is 0 Å². The van der Waals surface area contributed by atoms with Gasteiger partial charge in [0.25, 0.3) is 5.91 Å². The number of ether oxygens (including phenoxy) is 1. The summed E-state index contributed by atoms with van der Waals surface area (Å²) in [5, 5.41) is 0. The maximum absolute atomic E-state index is 12.5. The summed E-state index contributed by atoms with van der Waals surface area (Å²) in [5.74, 6) is 1.06. The molecule has 0 N–H and O–H groups in total. The van der Waals surface area contributed by atoms with E-state index in [-0.39, 0.29) is 12.5 Å². The molecule has 0 radical (unpaired) electrons. The van der Waals surface area contributed by atoms with Gasteiger partial charge in [0, 0.05) is 25.7 Å². The average Bonchev–Trinajstić information content (AvgIpc) is 3.05. The van der Waals surface area contributed by atoms with Crippen molar-refractivity contribution in [2.75, 3.05) is 26.7 Å². The van der Waals surface area contributed by atoms with Crippen LogP contribution in [0.2, 0.25) is 0 Å². The first-order valence-electron chi connectivity index (χ1n) is 7.75. The topological polar surface area (TPSA) is 58.8 Å². The van der Waals surface area contributed by atoms with E-state index in [1.54, 1.807) is 0 Å². The molecule has 0 aliphatic carbocycles. The lowest BCUT2D eigenvalue weighted by molar-refractivity contribution is 0.0566. The Labute approximate surface area is 135 Å². The number of piperazine rings is 1. The molecule has 1 aromatic carbocycles. The van der Waals surface area contributed by atoms with Crippen LogP contribution in [0.5, 0.6) is 5.75 Å². The second-order valence-corrected chi connectivity index (χ2v) is 5.81. The largest absolute Gasteiger partial charge is 0.484 e. The summed E-state index contributed by atoms with van der Waals surface area (Å²) in [7, 11) is 2.07. The molecular formula is C17H21N3O3. The number of nitrogens with zero attached hydrogens (tertiary/aromatic N) is 3. The Morgan fingerprint density at radius 3 is 2.87 bits per heavy atom. The fraction of sp³-hybridized carbons (Fsp3) is 0.412. The number of para-hydroxylation sites is 1. The molecule has 0 bridgehead atoms. The van der Waals surface area contributed by atoms with Crippen LogP contribution in [0.15, 0.2) is 41.0 Å². The van der Waals surface area contributed by atoms with Gasteiger partial charge in [0.15, 0.2) is 12.3 Å². The van der Waals surface area contributed by atoms with Gasteiger partial charge < -0.3 is 19.0 Å². The lowest BCUT2D eigenvalue weighted by Crippen LogP contribution is -2.52. The summed E-state index contributed by atoms with van der Waals surface area (Å²) in [6.45, 7) is 4.60. The number of benzene rings is 1. The molecule has 2 aromatic rings. The van der Waals surface area contributed by atoms with Crippen molar-refractivity contribution in [1.29, 1.82) is 0 Å². The highest BCUT2D eigenvalue weighted by Gasteiger charge is 2.26. The van der Waals surface area contributed by atoms with Gasteiger partial charge in [0.05, 0.1) is 0 Å². The highest BCUT2D eigenvalue weighted by Crippen LogP contribution is 2.14. The number of carbonyl (C=O) groups excluding carboxylic acids is 1. The van der Waals surface area contributed by atoms with Gasteiger partial charge in [-0.05, 0) is 26.1 Å². The number of amides is 1. The Hall–Kier alpha value is -2.34. The van der Waals surface area contributed by atoms with E-state index in [1.807, 2.05) is 35.2 Å². The van der Waals surface area contributed by atoms with Crippen LogP contribution in [0.3, 0.4) is 0 Å². The Bertz CT molecular complexity index is 656. The van der Waals surface area contributed by atoms with Gasteiger partial charge in [-0.15, -0.1) is 0 Å². The van der Waals surface area contributed by atoms with E-state index >= 15 is 0 Å². The first-order chi connectivity index (χ1) is 11.1. The van der Waals surface area contributed by atoms with Gasteiger partial charge in [0.1, 0.15) is 12.0 Å². The third-order valence-electron chi connectivity index (χ3n) is 4.12. The molecule has 1 aliphatic rings. The smallest absolute Gasteiger partial charge is 0.275 e. The van der Waals surface area contributed by atoms with Gasteiger partial charge >= 0.3 is 0 Å². The highest BCUT2D eigenvalue weighted by atomic mass is 16.5. The van der Waals surface area contributed by atoms with Gasteiger partial charge in [-0.3, -0.25) is 4.79 Å². The molecule has 0 saturated carbocycles. The van der Waals surface area contributed by atoms with Crippen molar-refractivity contribution in [1.82, 2.24) is 14.8 Å². The van der Waals surface area contributed by atoms with Crippen LogP contribution < -0.4 is 4.74 Å². The van der Waals surface area contributed by atoms with Crippen LogP contribution in [0.1, 0.15) is 23.3 Å². The van der Waals surface area contributed by atoms with E-state index in [0.29, 0.717) is 30.7 Å². The molecule has 122 valence electrons. The van der Waals surface area contributed by atoms with Crippen LogP contribution in [-0.4, -0.2) is 53.4 Å². The van der Waals surface area contributed by atoms with Crippen molar-refractivity contribution < 1.29 is 13.9 Å². The molecule has 3 rings (SSSR count). The summed E-state index contributed by atoms with van der Waals surface area (Å²) in [4.78, 5) is 20.8. The third kappa shape index (κ3) is 3.71. The second kappa shape index (κ2) is 6.83. The van der Waals surface area contributed by atoms with Gasteiger partial charge in [-0.25, -0.2) is 4.98 Å². The number of oxazole rings is 1. The molecule has 1 fully saturated rings. The summed E-state index contributed by atoms with van der Waals surface area (Å²) >= 11 is 0. The second-order valence-electron chi connectivity index (χ2n) is 5.81. The Morgan fingerprint density at radius 1 is 1.35 bits per heavy atom. The fourth-order valence-corrected chi connectivity index (χ4v) is 2.53. The number of rotatable bonds is 4. The number of hydrogen-bond acceptors (Lipinski definition) is 5. The molecule has 1 atom stereocenters. The molecule has 0 spiro atoms. The van der Waals surface area contributed by atoms with E-state index in [1.165, 1.54) is 6.26 Å². The number of carbonyl (C=O) groups is 1. The molecule has 1 amide bonds. The molecule has 23 heavy (non-hydrogen) atoms. The minimum Gasteiger partial charge on any atom is -0.484 e. The third-order valence-corrected chi connectivity index (χ3v) is 4.12. The molecular weight excluding hydrogens is 294 g/mol. The lowest BCUT2D eigenvalue weighted by Gasteiger charge is -2.37. The van der Waals surface area contributed by atoms with E-state index in [4.69, 9.17) is 9.15 Å². The highest BCUT2D eigenvalue weighted by molar-refractivity contribution is 5.92. The summed E-state index contributed by atoms with van der Waals surface area (Å²) in [6.07, 6.45) is 1.41. The van der Waals surface area contributed by atoms with Crippen molar-refractivity contribution in [2.24, 2.45) is 0 Å². The quantitative estimate of drug-likeness (QED) is 0.864. The first kappa shape index (κ1) is 15.6. The zero-order valence-electron chi connectivity index (χ0n) is 13.4. The molecule has 1 saturated heterocycles. The molecule has 1 aromatic heterocycles. The predicted molar refractivity (Wildman–Crippen MR) is 85.3 cm³/mol. The Kier molecular flexibility index (Phi) is 4.62. The Morgan fingerprint density at radius 2 is 2.13 bits per heavy atom. The van der Waals surface area contributed by atoms with E-state index in [0.717, 1.165) is 12.3 Å². The summed E-state index contributed by atoms with van der Waals surface area (Å²) < 4.78 is 10.9. The SMILES string of the molecule is C[C@H]1CN(C(=O)c2coc(COc3ccccc3)n2)CCN1C. The van der Waals surface area contributed by atoms with Crippen LogP contribution in [-0.2, 0) is 6.61 Å². The van der Waals surface area contributed by atoms with E-state index < -0.39 is 0 Å². The predicted octanol–water partition coefficient (Wildman–Crippen LogP) is 2.03. The number of aromatic nitrogens is 1. The van der Waals surface area contributed by atoms with Crippen molar-refractivity contribution in [2.45, 2.75) is 19.6 Å². The lowest BCUT2D eigenvalue weighted by atomic mass is 10.2. The normalized spacial score (nSPS) is 18.9. The minimum atomic E-state index is -0.0836. The van der Waals surface area contributed by atoms with Crippen molar-refractivity contribution in [3.05, 3.63) is 48.2 Å². The van der Waals surface area contributed by atoms with Crippen molar-refractivity contribution in [3.63, 3.8) is 0 Å². The van der Waals surface area contributed by atoms with E-state index in [2.05, 4.69) is 23.9 Å². The molecule has 0 unspecified atom stereocenters. The summed E-state index contributed by atoms with van der Waals surface area (Å²) in [5.41, 5.74) is 0.341. The maximum Gasteiger partial charge on any atom is 0.275 e. The fourth-order valence-electron chi connectivity index (χ4n) is 2.53. The average molecular weight is 315 g/mol. The standard InChI is InChI=1S/C17H21N3O3/c1-13-10-20(9-8-19(13)2)17(21)15-11-23-16(18-15)12-22-14-6-4-3-5-7-14/h3-7,11,13H,8-10,12H2,1-2H3/t13-/m0/s1. The van der Waals surface area contributed by atoms with E-state index in [9.17, 15) is 4.79 Å². The number of likely N-dealkylation sites (N-methyl/N-ethyl adjacent to an activating group) is 1. The zero-order valence-corrected chi connectivity index (χ0v) is 13.4. The first-order valence-corrected chi connectivity index (χ1v) is 7.75. The monoisotopic (exact) mass is 315 g/mol. The van der Waals surface area contributed by atoms with Gasteiger partial charge in [-0.2, -0.15) is 0 Å².